The Morgan fingerprint density at radius 2 is 1.91 bits per heavy atom. The van der Waals surface area contributed by atoms with Crippen molar-refractivity contribution in [2.24, 2.45) is 0 Å². The summed E-state index contributed by atoms with van der Waals surface area (Å²) in [5.41, 5.74) is 1.90. The average Bonchev–Trinajstić information content (AvgIpc) is 3.25. The van der Waals surface area contributed by atoms with Gasteiger partial charge in [0.15, 0.2) is 0 Å². The van der Waals surface area contributed by atoms with E-state index in [0.29, 0.717) is 27.8 Å². The van der Waals surface area contributed by atoms with E-state index in [0.717, 1.165) is 0 Å². The zero-order valence-corrected chi connectivity index (χ0v) is 19.5. The Morgan fingerprint density at radius 3 is 2.63 bits per heavy atom. The van der Waals surface area contributed by atoms with Crippen LogP contribution in [0.2, 0.25) is 0 Å². The number of sulfonamides is 1. The van der Waals surface area contributed by atoms with Crippen LogP contribution in [0, 0.1) is 17.0 Å². The third-order valence-corrected chi connectivity index (χ3v) is 6.65. The van der Waals surface area contributed by atoms with Crippen molar-refractivity contribution < 1.29 is 27.7 Å². The van der Waals surface area contributed by atoms with E-state index in [1.165, 1.54) is 43.6 Å². The number of aryl methyl sites for hydroxylation is 1. The molecule has 0 bridgehead atoms. The first kappa shape index (κ1) is 23.9. The van der Waals surface area contributed by atoms with Gasteiger partial charge in [-0.3, -0.25) is 14.8 Å². The van der Waals surface area contributed by atoms with Crippen molar-refractivity contribution in [2.75, 3.05) is 7.11 Å². The molecule has 3 aromatic carbocycles. The van der Waals surface area contributed by atoms with E-state index in [1.54, 1.807) is 41.9 Å². The number of carbonyl (C=O) groups excluding carboxylic acids is 1. The molecule has 180 valence electrons. The molecule has 0 radical (unpaired) electrons. The van der Waals surface area contributed by atoms with Gasteiger partial charge in [-0.05, 0) is 41.6 Å². The number of ether oxygens (including phenoxy) is 1. The normalized spacial score (nSPS) is 11.4. The second kappa shape index (κ2) is 9.52. The molecule has 0 amide bonds. The van der Waals surface area contributed by atoms with Crippen LogP contribution >= 0.6 is 0 Å². The SMILES string of the molecule is COc1cc(C(=O)ONS(=O)(=O)c2ccccc2C)ccc1Cn1ncc2cc([N+](=O)[O-])ccc21. The van der Waals surface area contributed by atoms with E-state index in [4.69, 9.17) is 9.57 Å². The molecular formula is C23H20N4O7S. The summed E-state index contributed by atoms with van der Waals surface area (Å²) < 4.78 is 31.9. The van der Waals surface area contributed by atoms with Gasteiger partial charge in [-0.2, -0.15) is 5.10 Å². The van der Waals surface area contributed by atoms with Crippen molar-refractivity contribution >= 4 is 32.6 Å². The number of hydrogen-bond acceptors (Lipinski definition) is 8. The monoisotopic (exact) mass is 496 g/mol. The number of nitro benzene ring substituents is 1. The summed E-state index contributed by atoms with van der Waals surface area (Å²) in [5, 5.41) is 15.9. The Hall–Kier alpha value is -4.29. The molecule has 0 unspecified atom stereocenters. The molecule has 0 saturated carbocycles. The van der Waals surface area contributed by atoms with Crippen LogP contribution < -0.4 is 9.62 Å². The summed E-state index contributed by atoms with van der Waals surface area (Å²) in [7, 11) is -2.63. The van der Waals surface area contributed by atoms with E-state index in [2.05, 4.69) is 5.10 Å². The van der Waals surface area contributed by atoms with Crippen LogP contribution in [0.1, 0.15) is 21.5 Å². The summed E-state index contributed by atoms with van der Waals surface area (Å²) in [6, 6.07) is 15.3. The van der Waals surface area contributed by atoms with Crippen molar-refractivity contribution in [1.29, 1.82) is 0 Å². The number of fused-ring (bicyclic) bond motifs is 1. The fraction of sp³-hybridized carbons (Fsp3) is 0.130. The number of rotatable bonds is 8. The van der Waals surface area contributed by atoms with E-state index in [-0.39, 0.29) is 22.7 Å². The molecule has 0 aliphatic rings. The predicted molar refractivity (Wildman–Crippen MR) is 125 cm³/mol. The van der Waals surface area contributed by atoms with Gasteiger partial charge in [-0.1, -0.05) is 24.3 Å². The Labute approximate surface area is 200 Å². The average molecular weight is 497 g/mol. The predicted octanol–water partition coefficient (Wildman–Crippen LogP) is 3.36. The van der Waals surface area contributed by atoms with Gasteiger partial charge >= 0.3 is 5.97 Å². The number of nitrogens with zero attached hydrogens (tertiary/aromatic N) is 3. The van der Waals surface area contributed by atoms with Gasteiger partial charge in [0.1, 0.15) is 5.75 Å². The maximum atomic E-state index is 12.5. The second-order valence-electron chi connectivity index (χ2n) is 7.57. The van der Waals surface area contributed by atoms with Crippen LogP contribution in [0.3, 0.4) is 0 Å². The Balaban J connectivity index is 1.51. The second-order valence-corrected chi connectivity index (χ2v) is 9.18. The molecule has 4 aromatic rings. The Morgan fingerprint density at radius 1 is 1.14 bits per heavy atom. The molecule has 0 aliphatic heterocycles. The fourth-order valence-corrected chi connectivity index (χ4v) is 4.56. The summed E-state index contributed by atoms with van der Waals surface area (Å²) in [6.45, 7) is 1.89. The highest BCUT2D eigenvalue weighted by Gasteiger charge is 2.20. The topological polar surface area (TPSA) is 143 Å². The molecule has 1 N–H and O–H groups in total. The highest BCUT2D eigenvalue weighted by Crippen LogP contribution is 2.25. The fourth-order valence-electron chi connectivity index (χ4n) is 3.53. The van der Waals surface area contributed by atoms with Crippen LogP contribution in [0.4, 0.5) is 5.69 Å². The third-order valence-electron chi connectivity index (χ3n) is 5.31. The molecule has 4 rings (SSSR count). The van der Waals surface area contributed by atoms with Crippen molar-refractivity contribution in [2.45, 2.75) is 18.4 Å². The molecule has 0 aliphatic carbocycles. The van der Waals surface area contributed by atoms with Gasteiger partial charge in [0.2, 0.25) is 0 Å². The van der Waals surface area contributed by atoms with Gasteiger partial charge in [0.05, 0.1) is 40.8 Å². The van der Waals surface area contributed by atoms with Gasteiger partial charge in [0.25, 0.3) is 15.7 Å². The summed E-state index contributed by atoms with van der Waals surface area (Å²) in [5.74, 6) is -0.560. The maximum Gasteiger partial charge on any atom is 0.357 e. The summed E-state index contributed by atoms with van der Waals surface area (Å²) in [4.78, 5) is 29.7. The van der Waals surface area contributed by atoms with E-state index in [9.17, 15) is 23.3 Å². The van der Waals surface area contributed by atoms with Crippen molar-refractivity contribution in [1.82, 2.24) is 14.7 Å². The van der Waals surface area contributed by atoms with Gasteiger partial charge in [0, 0.05) is 23.1 Å². The van der Waals surface area contributed by atoms with E-state index >= 15 is 0 Å². The third kappa shape index (κ3) is 4.98. The largest absolute Gasteiger partial charge is 0.496 e. The minimum Gasteiger partial charge on any atom is -0.496 e. The molecular weight excluding hydrogens is 476 g/mol. The molecule has 12 heteroatoms. The lowest BCUT2D eigenvalue weighted by atomic mass is 10.1. The number of benzene rings is 3. The molecule has 1 aromatic heterocycles. The Bertz CT molecular complexity index is 1550. The highest BCUT2D eigenvalue weighted by molar-refractivity contribution is 7.89. The van der Waals surface area contributed by atoms with Gasteiger partial charge in [-0.15, -0.1) is 0 Å². The number of hydrogen-bond donors (Lipinski definition) is 1. The minimum absolute atomic E-state index is 0.00231. The lowest BCUT2D eigenvalue weighted by Crippen LogP contribution is -2.28. The number of non-ortho nitro benzene ring substituents is 1. The first-order valence-electron chi connectivity index (χ1n) is 10.2. The molecule has 0 fully saturated rings. The number of methoxy groups -OCH3 is 1. The van der Waals surface area contributed by atoms with Crippen LogP contribution in [-0.2, 0) is 21.4 Å². The lowest BCUT2D eigenvalue weighted by Gasteiger charge is -2.12. The van der Waals surface area contributed by atoms with Gasteiger partial charge in [-0.25, -0.2) is 13.2 Å². The number of nitro groups is 1. The maximum absolute atomic E-state index is 12.5. The molecule has 0 atom stereocenters. The molecule has 1 heterocycles. The van der Waals surface area contributed by atoms with Crippen molar-refractivity contribution in [3.8, 4) is 5.75 Å². The van der Waals surface area contributed by atoms with E-state index in [1.807, 2.05) is 4.89 Å². The first-order chi connectivity index (χ1) is 16.7. The molecule has 0 spiro atoms. The molecule has 11 nitrogen and oxygen atoms in total. The number of nitrogens with one attached hydrogen (secondary N) is 1. The van der Waals surface area contributed by atoms with Crippen LogP contribution in [-0.4, -0.2) is 36.2 Å². The van der Waals surface area contributed by atoms with Crippen LogP contribution in [0.15, 0.2) is 71.8 Å². The smallest absolute Gasteiger partial charge is 0.357 e. The zero-order valence-electron chi connectivity index (χ0n) is 18.7. The van der Waals surface area contributed by atoms with Crippen LogP contribution in [0.25, 0.3) is 10.9 Å². The van der Waals surface area contributed by atoms with Crippen molar-refractivity contribution in [3.05, 3.63) is 93.7 Å². The van der Waals surface area contributed by atoms with Gasteiger partial charge < -0.3 is 9.57 Å². The zero-order chi connectivity index (χ0) is 25.2. The van der Waals surface area contributed by atoms with Crippen molar-refractivity contribution in [3.63, 3.8) is 0 Å². The lowest BCUT2D eigenvalue weighted by molar-refractivity contribution is -0.384. The molecule has 0 saturated heterocycles. The molecule has 35 heavy (non-hydrogen) atoms. The quantitative estimate of drug-likeness (QED) is 0.289. The highest BCUT2D eigenvalue weighted by atomic mass is 32.2. The summed E-state index contributed by atoms with van der Waals surface area (Å²) in [6.07, 6.45) is 1.53. The van der Waals surface area contributed by atoms with E-state index < -0.39 is 20.9 Å². The summed E-state index contributed by atoms with van der Waals surface area (Å²) >= 11 is 0. The number of carbonyl (C=O) groups is 1. The standard InChI is InChI=1S/C23H20N4O7S/c1-15-5-3-4-6-22(15)35(31,32)25-34-23(28)16-7-8-17(21(12-16)33-2)14-26-20-10-9-19(27(29)30)11-18(20)13-24-26/h3-13,25H,14H2,1-2H3. The van der Waals surface area contributed by atoms with Crippen LogP contribution in [0.5, 0.6) is 5.75 Å². The minimum atomic E-state index is -4.06. The number of aromatic nitrogens is 2. The Kier molecular flexibility index (Phi) is 6.49. The first-order valence-corrected chi connectivity index (χ1v) is 11.7.